The molecule has 6 heteroatoms. The zero-order valence-corrected chi connectivity index (χ0v) is 12.1. The molecule has 2 aliphatic rings. The van der Waals surface area contributed by atoms with E-state index in [0.717, 1.165) is 49.7 Å². The first-order valence-corrected chi connectivity index (χ1v) is 7.27. The average molecular weight is 275 g/mol. The molecule has 20 heavy (non-hydrogen) atoms. The third kappa shape index (κ3) is 2.09. The molecule has 1 aromatic heterocycles. The second-order valence-corrected chi connectivity index (χ2v) is 5.55. The molecule has 0 spiro atoms. The lowest BCUT2D eigenvalue weighted by Crippen LogP contribution is -2.52. The molecule has 0 aliphatic carbocycles. The van der Waals surface area contributed by atoms with Crippen LogP contribution in [0.5, 0.6) is 0 Å². The minimum absolute atomic E-state index is 0.294. The molecule has 1 amide bonds. The van der Waals surface area contributed by atoms with Gasteiger partial charge >= 0.3 is 0 Å². The van der Waals surface area contributed by atoms with Crippen molar-refractivity contribution in [2.45, 2.75) is 39.2 Å². The van der Waals surface area contributed by atoms with E-state index in [1.54, 1.807) is 0 Å². The van der Waals surface area contributed by atoms with Crippen LogP contribution in [-0.2, 0) is 11.2 Å². The van der Waals surface area contributed by atoms with Gasteiger partial charge in [0.15, 0.2) is 0 Å². The largest absolute Gasteiger partial charge is 0.383 e. The van der Waals surface area contributed by atoms with Crippen LogP contribution in [0.15, 0.2) is 0 Å². The fraction of sp³-hybridized carbons (Fsp3) is 0.643. The highest BCUT2D eigenvalue weighted by Gasteiger charge is 2.36. The number of nitrogen functional groups attached to an aromatic ring is 1. The van der Waals surface area contributed by atoms with Crippen LogP contribution in [-0.4, -0.2) is 46.5 Å². The minimum Gasteiger partial charge on any atom is -0.383 e. The van der Waals surface area contributed by atoms with E-state index in [1.165, 1.54) is 0 Å². The summed E-state index contributed by atoms with van der Waals surface area (Å²) in [5.41, 5.74) is 6.93. The number of hydrogen-bond donors (Lipinski definition) is 1. The Bertz CT molecular complexity index is 545. The number of rotatable bonds is 2. The third-order valence-corrected chi connectivity index (χ3v) is 4.31. The molecule has 0 bridgehead atoms. The Balaban J connectivity index is 1.87. The average Bonchev–Trinajstić information content (AvgIpc) is 2.82. The second-order valence-electron chi connectivity index (χ2n) is 5.55. The van der Waals surface area contributed by atoms with Gasteiger partial charge in [-0.3, -0.25) is 4.79 Å². The van der Waals surface area contributed by atoms with Crippen molar-refractivity contribution in [1.82, 2.24) is 14.9 Å². The van der Waals surface area contributed by atoms with Crippen molar-refractivity contribution in [3.63, 3.8) is 0 Å². The van der Waals surface area contributed by atoms with E-state index in [-0.39, 0.29) is 0 Å². The SMILES string of the molecule is CCc1nc(N)c(C)c(N2CCN3C(=O)CCC3C2)n1. The zero-order chi connectivity index (χ0) is 14.3. The maximum atomic E-state index is 11.7. The molecule has 0 saturated carbocycles. The number of carbonyl (C=O) groups is 1. The Morgan fingerprint density at radius 3 is 2.90 bits per heavy atom. The number of nitrogens with zero attached hydrogens (tertiary/aromatic N) is 4. The van der Waals surface area contributed by atoms with Gasteiger partial charge in [0.25, 0.3) is 0 Å². The number of piperazine rings is 1. The molecular formula is C14H21N5O. The number of hydrogen-bond acceptors (Lipinski definition) is 5. The summed E-state index contributed by atoms with van der Waals surface area (Å²) in [5.74, 6) is 2.58. The highest BCUT2D eigenvalue weighted by atomic mass is 16.2. The van der Waals surface area contributed by atoms with Crippen molar-refractivity contribution in [1.29, 1.82) is 0 Å². The lowest BCUT2D eigenvalue weighted by Gasteiger charge is -2.38. The van der Waals surface area contributed by atoms with Crippen molar-refractivity contribution in [3.8, 4) is 0 Å². The standard InChI is InChI=1S/C14H21N5O/c1-3-11-16-13(15)9(2)14(17-11)18-6-7-19-10(8-18)4-5-12(19)20/h10H,3-8H2,1-2H3,(H2,15,16,17). The van der Waals surface area contributed by atoms with Gasteiger partial charge < -0.3 is 15.5 Å². The summed E-state index contributed by atoms with van der Waals surface area (Å²) in [5, 5.41) is 0. The first-order chi connectivity index (χ1) is 9.60. The van der Waals surface area contributed by atoms with E-state index in [0.29, 0.717) is 24.2 Å². The highest BCUT2D eigenvalue weighted by Crippen LogP contribution is 2.28. The lowest BCUT2D eigenvalue weighted by molar-refractivity contribution is -0.129. The number of amides is 1. The fourth-order valence-electron chi connectivity index (χ4n) is 3.09. The molecule has 108 valence electrons. The molecule has 3 rings (SSSR count). The van der Waals surface area contributed by atoms with Crippen LogP contribution >= 0.6 is 0 Å². The van der Waals surface area contributed by atoms with Crippen LogP contribution in [0, 0.1) is 6.92 Å². The predicted octanol–water partition coefficient (Wildman–Crippen LogP) is 0.741. The summed E-state index contributed by atoms with van der Waals surface area (Å²) < 4.78 is 0. The normalized spacial score (nSPS) is 22.3. The summed E-state index contributed by atoms with van der Waals surface area (Å²) in [6.07, 6.45) is 2.42. The molecule has 2 fully saturated rings. The Kier molecular flexibility index (Phi) is 3.23. The molecule has 2 saturated heterocycles. The van der Waals surface area contributed by atoms with Crippen LogP contribution < -0.4 is 10.6 Å². The molecule has 3 heterocycles. The molecule has 6 nitrogen and oxygen atoms in total. The molecule has 1 unspecified atom stereocenters. The molecule has 1 atom stereocenters. The van der Waals surface area contributed by atoms with Gasteiger partial charge in [-0.05, 0) is 13.3 Å². The smallest absolute Gasteiger partial charge is 0.223 e. The number of anilines is 2. The number of aryl methyl sites for hydroxylation is 1. The molecule has 0 radical (unpaired) electrons. The van der Waals surface area contributed by atoms with Crippen molar-refractivity contribution in [2.24, 2.45) is 0 Å². The first-order valence-electron chi connectivity index (χ1n) is 7.27. The number of aromatic nitrogens is 2. The first kappa shape index (κ1) is 13.1. The Hall–Kier alpha value is -1.85. The third-order valence-electron chi connectivity index (χ3n) is 4.31. The molecule has 2 aliphatic heterocycles. The Labute approximate surface area is 119 Å². The zero-order valence-electron chi connectivity index (χ0n) is 12.1. The summed E-state index contributed by atoms with van der Waals surface area (Å²) in [4.78, 5) is 24.9. The van der Waals surface area contributed by atoms with E-state index in [4.69, 9.17) is 5.73 Å². The maximum Gasteiger partial charge on any atom is 0.223 e. The van der Waals surface area contributed by atoms with Crippen molar-refractivity contribution >= 4 is 17.5 Å². The topological polar surface area (TPSA) is 75.3 Å². The maximum absolute atomic E-state index is 11.7. The number of nitrogens with two attached hydrogens (primary N) is 1. The van der Waals surface area contributed by atoms with Crippen LogP contribution in [0.4, 0.5) is 11.6 Å². The lowest BCUT2D eigenvalue weighted by atomic mass is 10.1. The van der Waals surface area contributed by atoms with Gasteiger partial charge in [0, 0.05) is 44.1 Å². The van der Waals surface area contributed by atoms with Crippen LogP contribution in [0.2, 0.25) is 0 Å². The van der Waals surface area contributed by atoms with Gasteiger partial charge in [-0.15, -0.1) is 0 Å². The second kappa shape index (κ2) is 4.92. The Morgan fingerprint density at radius 1 is 1.35 bits per heavy atom. The van der Waals surface area contributed by atoms with Crippen molar-refractivity contribution in [3.05, 3.63) is 11.4 Å². The predicted molar refractivity (Wildman–Crippen MR) is 77.5 cm³/mol. The number of carbonyl (C=O) groups excluding carboxylic acids is 1. The summed E-state index contributed by atoms with van der Waals surface area (Å²) in [6, 6.07) is 0.330. The van der Waals surface area contributed by atoms with Crippen LogP contribution in [0.3, 0.4) is 0 Å². The minimum atomic E-state index is 0.294. The van der Waals surface area contributed by atoms with Gasteiger partial charge in [-0.1, -0.05) is 6.92 Å². The summed E-state index contributed by atoms with van der Waals surface area (Å²) in [7, 11) is 0. The highest BCUT2D eigenvalue weighted by molar-refractivity contribution is 5.79. The van der Waals surface area contributed by atoms with E-state index < -0.39 is 0 Å². The number of fused-ring (bicyclic) bond motifs is 1. The van der Waals surface area contributed by atoms with E-state index >= 15 is 0 Å². The van der Waals surface area contributed by atoms with E-state index in [1.807, 2.05) is 18.7 Å². The van der Waals surface area contributed by atoms with Gasteiger partial charge in [0.1, 0.15) is 17.5 Å². The van der Waals surface area contributed by atoms with Crippen molar-refractivity contribution in [2.75, 3.05) is 30.3 Å². The summed E-state index contributed by atoms with van der Waals surface area (Å²) >= 11 is 0. The molecule has 0 aromatic carbocycles. The molecule has 1 aromatic rings. The van der Waals surface area contributed by atoms with Gasteiger partial charge in [0.2, 0.25) is 5.91 Å². The van der Waals surface area contributed by atoms with Crippen molar-refractivity contribution < 1.29 is 4.79 Å². The fourth-order valence-corrected chi connectivity index (χ4v) is 3.09. The molecule has 2 N–H and O–H groups in total. The van der Waals surface area contributed by atoms with Crippen LogP contribution in [0.25, 0.3) is 0 Å². The summed E-state index contributed by atoms with van der Waals surface area (Å²) in [6.45, 7) is 6.46. The Morgan fingerprint density at radius 2 is 2.15 bits per heavy atom. The van der Waals surface area contributed by atoms with Gasteiger partial charge in [-0.2, -0.15) is 0 Å². The van der Waals surface area contributed by atoms with Crippen LogP contribution in [0.1, 0.15) is 31.2 Å². The van der Waals surface area contributed by atoms with Gasteiger partial charge in [0.05, 0.1) is 0 Å². The van der Waals surface area contributed by atoms with E-state index in [9.17, 15) is 4.79 Å². The quantitative estimate of drug-likeness (QED) is 0.861. The van der Waals surface area contributed by atoms with Gasteiger partial charge in [-0.25, -0.2) is 9.97 Å². The molecular weight excluding hydrogens is 254 g/mol. The monoisotopic (exact) mass is 275 g/mol. The van der Waals surface area contributed by atoms with E-state index in [2.05, 4.69) is 14.9 Å².